The largest absolute Gasteiger partial charge is 0.310 e. The van der Waals surface area contributed by atoms with Gasteiger partial charge in [-0.1, -0.05) is 6.92 Å². The van der Waals surface area contributed by atoms with Gasteiger partial charge in [0.25, 0.3) is 0 Å². The first-order valence-corrected chi connectivity index (χ1v) is 7.24. The highest BCUT2D eigenvalue weighted by Crippen LogP contribution is 2.20. The number of nitrogens with one attached hydrogen (secondary N) is 1. The van der Waals surface area contributed by atoms with Crippen LogP contribution in [0.1, 0.15) is 29.8 Å². The number of pyridine rings is 2. The Morgan fingerprint density at radius 2 is 2.11 bits per heavy atom. The summed E-state index contributed by atoms with van der Waals surface area (Å²) in [5.41, 5.74) is 3.59. The van der Waals surface area contributed by atoms with Crippen molar-refractivity contribution < 1.29 is 0 Å². The smallest absolute Gasteiger partial charge is 0.0423 e. The molecule has 3 nitrogen and oxygen atoms in total. The molecule has 19 heavy (non-hydrogen) atoms. The van der Waals surface area contributed by atoms with Gasteiger partial charge in [-0.05, 0) is 58.7 Å². The minimum absolute atomic E-state index is 0.257. The van der Waals surface area contributed by atoms with Gasteiger partial charge >= 0.3 is 0 Å². The molecule has 0 aliphatic carbocycles. The lowest BCUT2D eigenvalue weighted by molar-refractivity contribution is 0.540. The highest BCUT2D eigenvalue weighted by atomic mass is 79.9. The van der Waals surface area contributed by atoms with Crippen LogP contribution in [0.3, 0.4) is 0 Å². The summed E-state index contributed by atoms with van der Waals surface area (Å²) in [4.78, 5) is 8.68. The third kappa shape index (κ3) is 3.85. The fraction of sp³-hybridized carbons (Fsp3) is 0.333. The number of nitrogens with zero attached hydrogens (tertiary/aromatic N) is 2. The van der Waals surface area contributed by atoms with Gasteiger partial charge in [-0.15, -0.1) is 0 Å². The lowest BCUT2D eigenvalue weighted by Crippen LogP contribution is -2.24. The lowest BCUT2D eigenvalue weighted by atomic mass is 9.99. The molecule has 4 heteroatoms. The number of hydrogen-bond acceptors (Lipinski definition) is 3. The molecule has 100 valence electrons. The third-order valence-electron chi connectivity index (χ3n) is 3.11. The predicted octanol–water partition coefficient (Wildman–Crippen LogP) is 3.44. The summed E-state index contributed by atoms with van der Waals surface area (Å²) in [6, 6.07) is 6.39. The van der Waals surface area contributed by atoms with Gasteiger partial charge in [-0.3, -0.25) is 9.97 Å². The van der Waals surface area contributed by atoms with Gasteiger partial charge in [0.15, 0.2) is 0 Å². The summed E-state index contributed by atoms with van der Waals surface area (Å²) in [7, 11) is 0. The standard InChI is InChI=1S/C15H18BrN3/c1-3-18-15(14-10-17-7-6-11(14)2)8-13-5-4-12(16)9-19-13/h4-7,9-10,15,18H,3,8H2,1-2H3. The van der Waals surface area contributed by atoms with Gasteiger partial charge in [0.05, 0.1) is 0 Å². The van der Waals surface area contributed by atoms with Crippen molar-refractivity contribution >= 4 is 15.9 Å². The molecule has 0 aliphatic rings. The summed E-state index contributed by atoms with van der Waals surface area (Å²) in [6.45, 7) is 5.17. The number of aryl methyl sites for hydroxylation is 1. The van der Waals surface area contributed by atoms with E-state index < -0.39 is 0 Å². The van der Waals surface area contributed by atoms with Crippen LogP contribution in [0.4, 0.5) is 0 Å². The molecule has 0 saturated carbocycles. The van der Waals surface area contributed by atoms with E-state index in [1.54, 1.807) is 0 Å². The summed E-state index contributed by atoms with van der Waals surface area (Å²) in [5, 5.41) is 3.51. The summed E-state index contributed by atoms with van der Waals surface area (Å²) in [5.74, 6) is 0. The summed E-state index contributed by atoms with van der Waals surface area (Å²) in [6.07, 6.45) is 6.49. The molecule has 1 atom stereocenters. The Morgan fingerprint density at radius 1 is 1.26 bits per heavy atom. The predicted molar refractivity (Wildman–Crippen MR) is 81.0 cm³/mol. The highest BCUT2D eigenvalue weighted by molar-refractivity contribution is 9.10. The van der Waals surface area contributed by atoms with E-state index in [0.29, 0.717) is 0 Å². The zero-order valence-corrected chi connectivity index (χ0v) is 12.8. The second-order valence-electron chi connectivity index (χ2n) is 4.51. The van der Waals surface area contributed by atoms with Crippen LogP contribution in [0.2, 0.25) is 0 Å². The molecule has 1 unspecified atom stereocenters. The molecule has 0 spiro atoms. The minimum Gasteiger partial charge on any atom is -0.310 e. The zero-order valence-electron chi connectivity index (χ0n) is 11.2. The Balaban J connectivity index is 2.21. The molecular weight excluding hydrogens is 302 g/mol. The van der Waals surface area contributed by atoms with Gasteiger partial charge in [0, 0.05) is 41.2 Å². The normalized spacial score (nSPS) is 12.4. The van der Waals surface area contributed by atoms with E-state index in [9.17, 15) is 0 Å². The molecule has 0 bridgehead atoms. The van der Waals surface area contributed by atoms with Crippen molar-refractivity contribution in [2.24, 2.45) is 0 Å². The topological polar surface area (TPSA) is 37.8 Å². The zero-order chi connectivity index (χ0) is 13.7. The monoisotopic (exact) mass is 319 g/mol. The van der Waals surface area contributed by atoms with Crippen LogP contribution in [-0.4, -0.2) is 16.5 Å². The Kier molecular flexibility index (Phi) is 5.05. The van der Waals surface area contributed by atoms with Crippen molar-refractivity contribution in [1.82, 2.24) is 15.3 Å². The van der Waals surface area contributed by atoms with Crippen LogP contribution in [0.25, 0.3) is 0 Å². The molecule has 0 saturated heterocycles. The second-order valence-corrected chi connectivity index (χ2v) is 5.43. The molecule has 0 aliphatic heterocycles. The van der Waals surface area contributed by atoms with Crippen LogP contribution in [0.5, 0.6) is 0 Å². The first-order valence-electron chi connectivity index (χ1n) is 6.45. The molecule has 2 rings (SSSR count). The van der Waals surface area contributed by atoms with Gasteiger partial charge in [0.2, 0.25) is 0 Å². The Hall–Kier alpha value is -1.26. The van der Waals surface area contributed by atoms with E-state index in [-0.39, 0.29) is 6.04 Å². The first kappa shape index (κ1) is 14.2. The number of aromatic nitrogens is 2. The van der Waals surface area contributed by atoms with E-state index in [1.165, 1.54) is 11.1 Å². The molecular formula is C15H18BrN3. The number of halogens is 1. The van der Waals surface area contributed by atoms with E-state index in [2.05, 4.69) is 57.2 Å². The van der Waals surface area contributed by atoms with Crippen molar-refractivity contribution in [2.45, 2.75) is 26.3 Å². The van der Waals surface area contributed by atoms with Crippen LogP contribution in [0, 0.1) is 6.92 Å². The molecule has 0 aromatic carbocycles. The van der Waals surface area contributed by atoms with Crippen LogP contribution in [0.15, 0.2) is 41.3 Å². The van der Waals surface area contributed by atoms with Crippen LogP contribution < -0.4 is 5.32 Å². The van der Waals surface area contributed by atoms with Crippen LogP contribution >= 0.6 is 15.9 Å². The van der Waals surface area contributed by atoms with E-state index in [1.807, 2.05) is 24.7 Å². The van der Waals surface area contributed by atoms with Crippen molar-refractivity contribution in [3.63, 3.8) is 0 Å². The molecule has 2 heterocycles. The maximum absolute atomic E-state index is 4.45. The molecule has 2 aromatic heterocycles. The number of likely N-dealkylation sites (N-methyl/N-ethyl adjacent to an activating group) is 1. The van der Waals surface area contributed by atoms with E-state index >= 15 is 0 Å². The molecule has 0 radical (unpaired) electrons. The average molecular weight is 320 g/mol. The van der Waals surface area contributed by atoms with Gasteiger partial charge in [-0.2, -0.15) is 0 Å². The third-order valence-corrected chi connectivity index (χ3v) is 3.58. The van der Waals surface area contributed by atoms with Crippen LogP contribution in [-0.2, 0) is 6.42 Å². The average Bonchev–Trinajstić information content (AvgIpc) is 2.41. The van der Waals surface area contributed by atoms with Gasteiger partial charge < -0.3 is 5.32 Å². The Bertz CT molecular complexity index is 525. The molecule has 1 N–H and O–H groups in total. The number of hydrogen-bond donors (Lipinski definition) is 1. The Morgan fingerprint density at radius 3 is 2.74 bits per heavy atom. The summed E-state index contributed by atoms with van der Waals surface area (Å²) >= 11 is 3.41. The van der Waals surface area contributed by atoms with Crippen molar-refractivity contribution in [3.8, 4) is 0 Å². The Labute approximate surface area is 122 Å². The quantitative estimate of drug-likeness (QED) is 0.917. The highest BCUT2D eigenvalue weighted by Gasteiger charge is 2.14. The maximum Gasteiger partial charge on any atom is 0.0423 e. The summed E-state index contributed by atoms with van der Waals surface area (Å²) < 4.78 is 1.01. The minimum atomic E-state index is 0.257. The van der Waals surface area contributed by atoms with Gasteiger partial charge in [-0.25, -0.2) is 0 Å². The second kappa shape index (κ2) is 6.78. The molecule has 0 fully saturated rings. The van der Waals surface area contributed by atoms with Crippen molar-refractivity contribution in [3.05, 3.63) is 58.1 Å². The molecule has 0 amide bonds. The fourth-order valence-corrected chi connectivity index (χ4v) is 2.35. The van der Waals surface area contributed by atoms with E-state index in [4.69, 9.17) is 0 Å². The molecule has 2 aromatic rings. The maximum atomic E-state index is 4.45. The van der Waals surface area contributed by atoms with Crippen molar-refractivity contribution in [1.29, 1.82) is 0 Å². The van der Waals surface area contributed by atoms with Crippen molar-refractivity contribution in [2.75, 3.05) is 6.54 Å². The van der Waals surface area contributed by atoms with E-state index in [0.717, 1.165) is 23.1 Å². The fourth-order valence-electron chi connectivity index (χ4n) is 2.12. The lowest BCUT2D eigenvalue weighted by Gasteiger charge is -2.19. The number of rotatable bonds is 5. The first-order chi connectivity index (χ1) is 9.20. The van der Waals surface area contributed by atoms with Gasteiger partial charge in [0.1, 0.15) is 0 Å². The SMILES string of the molecule is CCNC(Cc1ccc(Br)cn1)c1cnccc1C.